The van der Waals surface area contributed by atoms with Gasteiger partial charge in [0, 0.05) is 18.9 Å². The van der Waals surface area contributed by atoms with E-state index in [0.29, 0.717) is 0 Å². The first kappa shape index (κ1) is 12.0. The summed E-state index contributed by atoms with van der Waals surface area (Å²) in [5, 5.41) is 0. The van der Waals surface area contributed by atoms with Crippen LogP contribution in [0.5, 0.6) is 0 Å². The molecule has 0 bridgehead atoms. The second-order valence-electron chi connectivity index (χ2n) is 3.26. The summed E-state index contributed by atoms with van der Waals surface area (Å²) >= 11 is 4.61. The van der Waals surface area contributed by atoms with Gasteiger partial charge in [-0.2, -0.15) is 0 Å². The molecule has 2 aromatic rings. The monoisotopic (exact) mass is 433 g/mol. The topological polar surface area (TPSA) is 12.4 Å². The van der Waals surface area contributed by atoms with Gasteiger partial charge in [0.05, 0.1) is 5.69 Å². The molecule has 2 rings (SSSR count). The van der Waals surface area contributed by atoms with Crippen LogP contribution in [0.25, 0.3) is 0 Å². The molecule has 0 aliphatic rings. The lowest BCUT2D eigenvalue weighted by atomic mass is 10.2. The average molecular weight is 433 g/mol. The molecule has 3 heteroatoms. The van der Waals surface area contributed by atoms with E-state index in [1.165, 1.54) is 7.14 Å². The fourth-order valence-electron chi connectivity index (χ4n) is 1.28. The van der Waals surface area contributed by atoms with Crippen molar-refractivity contribution >= 4 is 57.1 Å². The van der Waals surface area contributed by atoms with Crippen molar-refractivity contribution in [2.24, 2.45) is 4.99 Å². The molecule has 80 valence electrons. The van der Waals surface area contributed by atoms with Gasteiger partial charge in [-0.05, 0) is 69.4 Å². The van der Waals surface area contributed by atoms with Crippen molar-refractivity contribution in [3.63, 3.8) is 0 Å². The predicted molar refractivity (Wildman–Crippen MR) is 85.6 cm³/mol. The minimum absolute atomic E-state index is 0.992. The van der Waals surface area contributed by atoms with Crippen LogP contribution in [-0.2, 0) is 0 Å². The molecule has 0 saturated heterocycles. The highest BCUT2D eigenvalue weighted by Crippen LogP contribution is 2.16. The first-order valence-corrected chi connectivity index (χ1v) is 6.95. The van der Waals surface area contributed by atoms with Crippen LogP contribution in [0, 0.1) is 7.14 Å². The van der Waals surface area contributed by atoms with Crippen molar-refractivity contribution in [2.45, 2.75) is 0 Å². The Labute approximate surface area is 122 Å². The van der Waals surface area contributed by atoms with Crippen molar-refractivity contribution in [1.82, 2.24) is 0 Å². The quantitative estimate of drug-likeness (QED) is 0.484. The third-order valence-electron chi connectivity index (χ3n) is 2.07. The van der Waals surface area contributed by atoms with Gasteiger partial charge in [-0.1, -0.05) is 24.3 Å². The summed E-state index contributed by atoms with van der Waals surface area (Å²) in [5.74, 6) is 0. The molecule has 0 saturated carbocycles. The van der Waals surface area contributed by atoms with Gasteiger partial charge in [-0.15, -0.1) is 0 Å². The Hall–Kier alpha value is -0.430. The van der Waals surface area contributed by atoms with Crippen LogP contribution < -0.4 is 0 Å². The molecule has 0 spiro atoms. The number of benzene rings is 2. The molecule has 0 atom stereocenters. The summed E-state index contributed by atoms with van der Waals surface area (Å²) in [6, 6.07) is 16.4. The first-order valence-electron chi connectivity index (χ1n) is 4.80. The number of hydrogen-bond acceptors (Lipinski definition) is 1. The molecule has 1 nitrogen and oxygen atoms in total. The molecule has 0 heterocycles. The molecule has 0 aliphatic carbocycles. The van der Waals surface area contributed by atoms with E-state index >= 15 is 0 Å². The summed E-state index contributed by atoms with van der Waals surface area (Å²) in [5.41, 5.74) is 2.15. The average Bonchev–Trinajstić information content (AvgIpc) is 2.28. The van der Waals surface area contributed by atoms with E-state index in [4.69, 9.17) is 0 Å². The third kappa shape index (κ3) is 3.28. The fraction of sp³-hybridized carbons (Fsp3) is 0. The molecule has 0 aromatic heterocycles. The van der Waals surface area contributed by atoms with Gasteiger partial charge in [-0.3, -0.25) is 4.99 Å². The molecule has 0 fully saturated rings. The van der Waals surface area contributed by atoms with E-state index in [2.05, 4.69) is 74.4 Å². The van der Waals surface area contributed by atoms with Gasteiger partial charge in [0.25, 0.3) is 0 Å². The van der Waals surface area contributed by atoms with E-state index in [0.717, 1.165) is 11.3 Å². The number of nitrogens with zero attached hydrogens (tertiary/aromatic N) is 1. The Morgan fingerprint density at radius 3 is 2.50 bits per heavy atom. The number of hydrogen-bond donors (Lipinski definition) is 0. The maximum absolute atomic E-state index is 4.46. The van der Waals surface area contributed by atoms with Crippen LogP contribution in [0.1, 0.15) is 5.56 Å². The van der Waals surface area contributed by atoms with E-state index in [1.807, 2.05) is 30.5 Å². The number of rotatable bonds is 2. The SMILES string of the molecule is Ic1cccc(N=Cc2ccccc2I)c1. The van der Waals surface area contributed by atoms with Crippen LogP contribution >= 0.6 is 45.2 Å². The van der Waals surface area contributed by atoms with Crippen molar-refractivity contribution in [3.05, 3.63) is 61.2 Å². The zero-order valence-corrected chi connectivity index (χ0v) is 12.7. The van der Waals surface area contributed by atoms with Crippen LogP contribution in [0.2, 0.25) is 0 Å². The zero-order chi connectivity index (χ0) is 11.4. The second-order valence-corrected chi connectivity index (χ2v) is 5.67. The maximum atomic E-state index is 4.46. The molecule has 0 aliphatic heterocycles. The van der Waals surface area contributed by atoms with Crippen molar-refractivity contribution in [1.29, 1.82) is 0 Å². The first-order chi connectivity index (χ1) is 7.75. The van der Waals surface area contributed by atoms with Crippen LogP contribution in [0.15, 0.2) is 53.5 Å². The minimum Gasteiger partial charge on any atom is -0.256 e. The van der Waals surface area contributed by atoms with Crippen LogP contribution in [0.4, 0.5) is 5.69 Å². The van der Waals surface area contributed by atoms with Gasteiger partial charge in [-0.25, -0.2) is 0 Å². The van der Waals surface area contributed by atoms with Crippen molar-refractivity contribution < 1.29 is 0 Å². The van der Waals surface area contributed by atoms with Gasteiger partial charge < -0.3 is 0 Å². The highest BCUT2D eigenvalue weighted by molar-refractivity contribution is 14.1. The summed E-state index contributed by atoms with van der Waals surface area (Å²) in [7, 11) is 0. The van der Waals surface area contributed by atoms with E-state index in [1.54, 1.807) is 0 Å². The Bertz CT molecular complexity index is 521. The normalized spacial score (nSPS) is 10.9. The van der Waals surface area contributed by atoms with E-state index < -0.39 is 0 Å². The fourth-order valence-corrected chi connectivity index (χ4v) is 2.33. The predicted octanol–water partition coefficient (Wildman–Crippen LogP) is 4.65. The summed E-state index contributed by atoms with van der Waals surface area (Å²) in [6.07, 6.45) is 1.91. The van der Waals surface area contributed by atoms with E-state index in [9.17, 15) is 0 Å². The number of halogens is 2. The lowest BCUT2D eigenvalue weighted by molar-refractivity contribution is 1.50. The third-order valence-corrected chi connectivity index (χ3v) is 3.72. The number of aliphatic imine (C=N–C) groups is 1. The molecule has 16 heavy (non-hydrogen) atoms. The smallest absolute Gasteiger partial charge is 0.0640 e. The van der Waals surface area contributed by atoms with Gasteiger partial charge >= 0.3 is 0 Å². The zero-order valence-electron chi connectivity index (χ0n) is 8.40. The highest BCUT2D eigenvalue weighted by atomic mass is 127. The summed E-state index contributed by atoms with van der Waals surface area (Å²) in [6.45, 7) is 0. The van der Waals surface area contributed by atoms with Crippen LogP contribution in [0.3, 0.4) is 0 Å². The van der Waals surface area contributed by atoms with E-state index in [-0.39, 0.29) is 0 Å². The molecular weight excluding hydrogens is 424 g/mol. The lowest BCUT2D eigenvalue weighted by Crippen LogP contribution is -1.84. The second kappa shape index (κ2) is 5.77. The highest BCUT2D eigenvalue weighted by Gasteiger charge is 1.94. The molecular formula is C13H9I2N. The molecule has 0 radical (unpaired) electrons. The largest absolute Gasteiger partial charge is 0.256 e. The maximum Gasteiger partial charge on any atom is 0.0640 e. The summed E-state index contributed by atoms with van der Waals surface area (Å²) in [4.78, 5) is 4.46. The Kier molecular flexibility index (Phi) is 4.34. The van der Waals surface area contributed by atoms with Gasteiger partial charge in [0.2, 0.25) is 0 Å². The van der Waals surface area contributed by atoms with Crippen molar-refractivity contribution in [3.8, 4) is 0 Å². The lowest BCUT2D eigenvalue weighted by Gasteiger charge is -1.97. The van der Waals surface area contributed by atoms with Gasteiger partial charge in [0.1, 0.15) is 0 Å². The molecule has 2 aromatic carbocycles. The summed E-state index contributed by atoms with van der Waals surface area (Å²) < 4.78 is 2.42. The standard InChI is InChI=1S/C13H9I2N/c14-11-5-3-6-12(8-11)16-9-10-4-1-2-7-13(10)15/h1-9H. The Morgan fingerprint density at radius 1 is 0.938 bits per heavy atom. The Balaban J connectivity index is 2.25. The Morgan fingerprint density at radius 2 is 1.75 bits per heavy atom. The van der Waals surface area contributed by atoms with Crippen molar-refractivity contribution in [2.75, 3.05) is 0 Å². The van der Waals surface area contributed by atoms with Gasteiger partial charge in [0.15, 0.2) is 0 Å². The minimum atomic E-state index is 0.992. The molecule has 0 N–H and O–H groups in total. The molecule has 0 unspecified atom stereocenters. The molecule has 0 amide bonds. The van der Waals surface area contributed by atoms with Crippen LogP contribution in [-0.4, -0.2) is 6.21 Å².